The van der Waals surface area contributed by atoms with Gasteiger partial charge in [0.1, 0.15) is 6.04 Å². The molecule has 5 N–H and O–H groups in total. The lowest BCUT2D eigenvalue weighted by molar-refractivity contribution is -0.141. The van der Waals surface area contributed by atoms with Crippen LogP contribution in [0, 0.1) is 0 Å². The van der Waals surface area contributed by atoms with Crippen molar-refractivity contribution in [2.45, 2.75) is 6.04 Å². The number of hydrogen-bond donors (Lipinski definition) is 3. The lowest BCUT2D eigenvalue weighted by Crippen LogP contribution is -2.34. The van der Waals surface area contributed by atoms with Crippen molar-refractivity contribution in [2.75, 3.05) is 23.9 Å². The average Bonchev–Trinajstić information content (AvgIpc) is 2.46. The Morgan fingerprint density at radius 1 is 1.29 bits per heavy atom. The average molecular weight is 311 g/mol. The topological polar surface area (TPSA) is 125 Å². The van der Waals surface area contributed by atoms with E-state index >= 15 is 0 Å². The minimum Gasteiger partial charge on any atom is -0.468 e. The molecule has 7 nitrogen and oxygen atoms in total. The van der Waals surface area contributed by atoms with Crippen LogP contribution in [-0.4, -0.2) is 42.4 Å². The molecule has 0 aliphatic carbocycles. The second-order valence-corrected chi connectivity index (χ2v) is 5.16. The third-order valence-electron chi connectivity index (χ3n) is 2.49. The highest BCUT2D eigenvalue weighted by molar-refractivity contribution is 8.00. The van der Waals surface area contributed by atoms with E-state index in [1.54, 1.807) is 12.1 Å². The Labute approximate surface area is 126 Å². The molecule has 1 aromatic carbocycles. The van der Waals surface area contributed by atoms with Crippen LogP contribution in [-0.2, 0) is 14.3 Å². The number of benzene rings is 1. The molecule has 1 atom stereocenters. The third-order valence-corrected chi connectivity index (χ3v) is 3.55. The molecule has 2 amide bonds. The Balaban J connectivity index is 2.37. The minimum absolute atomic E-state index is 0.155. The summed E-state index contributed by atoms with van der Waals surface area (Å²) in [5, 5.41) is 2.66. The zero-order valence-electron chi connectivity index (χ0n) is 11.5. The van der Waals surface area contributed by atoms with E-state index in [4.69, 9.17) is 11.5 Å². The van der Waals surface area contributed by atoms with Gasteiger partial charge in [0.2, 0.25) is 11.8 Å². The van der Waals surface area contributed by atoms with E-state index in [0.29, 0.717) is 17.0 Å². The molecule has 1 aromatic rings. The maximum absolute atomic E-state index is 11.7. The molecule has 114 valence electrons. The van der Waals surface area contributed by atoms with Gasteiger partial charge in [-0.3, -0.25) is 14.4 Å². The number of hydrogen-bond acceptors (Lipinski definition) is 6. The molecule has 1 unspecified atom stereocenters. The van der Waals surface area contributed by atoms with Gasteiger partial charge >= 0.3 is 5.97 Å². The van der Waals surface area contributed by atoms with Crippen molar-refractivity contribution in [3.05, 3.63) is 29.8 Å². The number of carbonyl (C=O) groups is 3. The van der Waals surface area contributed by atoms with Crippen molar-refractivity contribution in [1.29, 1.82) is 0 Å². The van der Waals surface area contributed by atoms with Gasteiger partial charge in [0.05, 0.1) is 12.9 Å². The summed E-state index contributed by atoms with van der Waals surface area (Å²) >= 11 is 1.23. The first-order valence-corrected chi connectivity index (χ1v) is 7.20. The number of amides is 2. The van der Waals surface area contributed by atoms with Crippen molar-refractivity contribution in [2.24, 2.45) is 11.5 Å². The predicted molar refractivity (Wildman–Crippen MR) is 80.9 cm³/mol. The fraction of sp³-hybridized carbons (Fsp3) is 0.308. The van der Waals surface area contributed by atoms with Gasteiger partial charge in [-0.1, -0.05) is 0 Å². The van der Waals surface area contributed by atoms with Crippen LogP contribution in [0.3, 0.4) is 0 Å². The largest absolute Gasteiger partial charge is 0.468 e. The lowest BCUT2D eigenvalue weighted by Gasteiger charge is -2.09. The number of ether oxygens (including phenoxy) is 1. The van der Waals surface area contributed by atoms with Crippen LogP contribution < -0.4 is 16.8 Å². The Hall–Kier alpha value is -2.06. The fourth-order valence-electron chi connectivity index (χ4n) is 1.41. The SMILES string of the molecule is COC(=O)C(N)CSCC(=O)Nc1ccc(C(N)=O)cc1. The van der Waals surface area contributed by atoms with Crippen LogP contribution in [0.2, 0.25) is 0 Å². The monoisotopic (exact) mass is 311 g/mol. The summed E-state index contributed by atoms with van der Waals surface area (Å²) in [4.78, 5) is 33.6. The molecule has 8 heteroatoms. The summed E-state index contributed by atoms with van der Waals surface area (Å²) in [5.74, 6) is -0.822. The van der Waals surface area contributed by atoms with Gasteiger partial charge in [0.25, 0.3) is 0 Å². The Morgan fingerprint density at radius 3 is 2.43 bits per heavy atom. The van der Waals surface area contributed by atoms with Crippen molar-refractivity contribution in [3.63, 3.8) is 0 Å². The first-order valence-electron chi connectivity index (χ1n) is 6.05. The van der Waals surface area contributed by atoms with Gasteiger partial charge in [-0.25, -0.2) is 0 Å². The molecule has 0 aliphatic heterocycles. The predicted octanol–water partition coefficient (Wildman–Crippen LogP) is -0.0425. The Kier molecular flexibility index (Phi) is 6.70. The van der Waals surface area contributed by atoms with Crippen LogP contribution in [0.15, 0.2) is 24.3 Å². The van der Waals surface area contributed by atoms with Crippen LogP contribution >= 0.6 is 11.8 Å². The molecule has 0 fully saturated rings. The van der Waals surface area contributed by atoms with E-state index in [0.717, 1.165) is 0 Å². The fourth-order valence-corrected chi connectivity index (χ4v) is 2.18. The van der Waals surface area contributed by atoms with Crippen molar-refractivity contribution in [1.82, 2.24) is 0 Å². The molecular formula is C13H17N3O4S. The number of anilines is 1. The molecule has 1 rings (SSSR count). The lowest BCUT2D eigenvalue weighted by atomic mass is 10.2. The van der Waals surface area contributed by atoms with Gasteiger partial charge < -0.3 is 21.5 Å². The minimum atomic E-state index is -0.748. The summed E-state index contributed by atoms with van der Waals surface area (Å²) in [6.45, 7) is 0. The molecule has 0 saturated carbocycles. The molecule has 0 bridgehead atoms. The van der Waals surface area contributed by atoms with E-state index < -0.39 is 17.9 Å². The zero-order chi connectivity index (χ0) is 15.8. The van der Waals surface area contributed by atoms with E-state index in [1.165, 1.54) is 31.0 Å². The summed E-state index contributed by atoms with van der Waals surface area (Å²) in [7, 11) is 1.26. The molecule has 0 aliphatic rings. The first-order chi connectivity index (χ1) is 9.93. The number of thioether (sulfide) groups is 1. The molecule has 0 spiro atoms. The second kappa shape index (κ2) is 8.28. The first kappa shape index (κ1) is 17.0. The number of nitrogens with one attached hydrogen (secondary N) is 1. The zero-order valence-corrected chi connectivity index (χ0v) is 12.3. The van der Waals surface area contributed by atoms with E-state index in [2.05, 4.69) is 10.1 Å². The van der Waals surface area contributed by atoms with Crippen molar-refractivity contribution in [3.8, 4) is 0 Å². The smallest absolute Gasteiger partial charge is 0.323 e. The highest BCUT2D eigenvalue weighted by atomic mass is 32.2. The second-order valence-electron chi connectivity index (χ2n) is 4.13. The van der Waals surface area contributed by atoms with Gasteiger partial charge in [-0.2, -0.15) is 0 Å². The van der Waals surface area contributed by atoms with Gasteiger partial charge in [0, 0.05) is 17.0 Å². The van der Waals surface area contributed by atoms with E-state index in [-0.39, 0.29) is 11.7 Å². The molecular weight excluding hydrogens is 294 g/mol. The highest BCUT2D eigenvalue weighted by Crippen LogP contribution is 2.10. The maximum atomic E-state index is 11.7. The standard InChI is InChI=1S/C13H17N3O4S/c1-20-13(19)10(14)6-21-7-11(17)16-9-4-2-8(3-5-9)12(15)18/h2-5,10H,6-7,14H2,1H3,(H2,15,18)(H,16,17). The number of carbonyl (C=O) groups excluding carboxylic acids is 3. The normalized spacial score (nSPS) is 11.5. The molecule has 0 heterocycles. The van der Waals surface area contributed by atoms with Crippen molar-refractivity contribution >= 4 is 35.2 Å². The summed E-state index contributed by atoms with van der Waals surface area (Å²) in [6.07, 6.45) is 0. The van der Waals surface area contributed by atoms with Crippen LogP contribution in [0.5, 0.6) is 0 Å². The molecule has 0 aromatic heterocycles. The number of nitrogens with two attached hydrogens (primary N) is 2. The number of esters is 1. The van der Waals surface area contributed by atoms with E-state index in [1.807, 2.05) is 0 Å². The number of methoxy groups -OCH3 is 1. The van der Waals surface area contributed by atoms with Crippen LogP contribution in [0.4, 0.5) is 5.69 Å². The summed E-state index contributed by atoms with van der Waals surface area (Å²) in [6, 6.07) is 5.48. The van der Waals surface area contributed by atoms with Crippen LogP contribution in [0.25, 0.3) is 0 Å². The van der Waals surface area contributed by atoms with Gasteiger partial charge in [-0.05, 0) is 24.3 Å². The molecule has 0 saturated heterocycles. The third kappa shape index (κ3) is 5.84. The van der Waals surface area contributed by atoms with Gasteiger partial charge in [-0.15, -0.1) is 11.8 Å². The quantitative estimate of drug-likeness (QED) is 0.607. The van der Waals surface area contributed by atoms with E-state index in [9.17, 15) is 14.4 Å². The van der Waals surface area contributed by atoms with Crippen LogP contribution in [0.1, 0.15) is 10.4 Å². The Bertz CT molecular complexity index is 519. The Morgan fingerprint density at radius 2 is 1.90 bits per heavy atom. The number of rotatable bonds is 7. The number of primary amides is 1. The summed E-state index contributed by atoms with van der Waals surface area (Å²) in [5.41, 5.74) is 11.6. The van der Waals surface area contributed by atoms with Crippen molar-refractivity contribution < 1.29 is 19.1 Å². The maximum Gasteiger partial charge on any atom is 0.323 e. The van der Waals surface area contributed by atoms with Gasteiger partial charge in [0.15, 0.2) is 0 Å². The summed E-state index contributed by atoms with van der Waals surface area (Å²) < 4.78 is 4.48. The molecule has 21 heavy (non-hydrogen) atoms. The highest BCUT2D eigenvalue weighted by Gasteiger charge is 2.14. The molecule has 0 radical (unpaired) electrons.